The normalized spacial score (nSPS) is 18.3. The van der Waals surface area contributed by atoms with Gasteiger partial charge in [-0.15, -0.1) is 0 Å². The fraction of sp³-hybridized carbons (Fsp3) is 0.600. The molecule has 106 valence electrons. The Morgan fingerprint density at radius 3 is 2.37 bits per heavy atom. The van der Waals surface area contributed by atoms with Crippen LogP contribution in [-0.4, -0.2) is 33.9 Å². The average molecular weight is 266 g/mol. The van der Waals surface area contributed by atoms with Gasteiger partial charge in [0.15, 0.2) is 17.5 Å². The SMILES string of the molecule is CC[NH+](CC)[C@H]1C[NH2+]Cc2cc(OC)c(OC)cc21. The largest absolute Gasteiger partial charge is 0.493 e. The fourth-order valence-electron chi connectivity index (χ4n) is 3.10. The van der Waals surface area contributed by atoms with Crippen molar-refractivity contribution in [3.8, 4) is 11.5 Å². The molecule has 0 amide bonds. The fourth-order valence-corrected chi connectivity index (χ4v) is 3.10. The van der Waals surface area contributed by atoms with Crippen LogP contribution in [0.5, 0.6) is 11.5 Å². The second-order valence-electron chi connectivity index (χ2n) is 5.05. The van der Waals surface area contributed by atoms with E-state index in [1.54, 1.807) is 19.1 Å². The van der Waals surface area contributed by atoms with Gasteiger partial charge in [-0.1, -0.05) is 0 Å². The smallest absolute Gasteiger partial charge is 0.163 e. The van der Waals surface area contributed by atoms with E-state index in [-0.39, 0.29) is 0 Å². The molecule has 0 bridgehead atoms. The van der Waals surface area contributed by atoms with Crippen molar-refractivity contribution in [3.63, 3.8) is 0 Å². The minimum Gasteiger partial charge on any atom is -0.493 e. The first-order valence-corrected chi connectivity index (χ1v) is 7.16. The van der Waals surface area contributed by atoms with E-state index in [4.69, 9.17) is 9.47 Å². The second-order valence-corrected chi connectivity index (χ2v) is 5.05. The summed E-state index contributed by atoms with van der Waals surface area (Å²) < 4.78 is 10.9. The number of rotatable bonds is 5. The molecule has 0 unspecified atom stereocenters. The molecule has 4 nitrogen and oxygen atoms in total. The number of fused-ring (bicyclic) bond motifs is 1. The molecule has 0 saturated carbocycles. The highest BCUT2D eigenvalue weighted by Gasteiger charge is 2.31. The van der Waals surface area contributed by atoms with Crippen LogP contribution in [0.2, 0.25) is 0 Å². The lowest BCUT2D eigenvalue weighted by Crippen LogP contribution is -3.14. The molecule has 0 saturated heterocycles. The molecule has 1 aromatic rings. The average Bonchev–Trinajstić information content (AvgIpc) is 2.47. The van der Waals surface area contributed by atoms with Crippen molar-refractivity contribution in [2.45, 2.75) is 26.4 Å². The first-order valence-electron chi connectivity index (χ1n) is 7.16. The zero-order valence-corrected chi connectivity index (χ0v) is 12.5. The van der Waals surface area contributed by atoms with Gasteiger partial charge in [0.2, 0.25) is 0 Å². The summed E-state index contributed by atoms with van der Waals surface area (Å²) in [5, 5.41) is 2.39. The molecule has 0 spiro atoms. The Hall–Kier alpha value is -1.26. The van der Waals surface area contributed by atoms with Gasteiger partial charge in [-0.2, -0.15) is 0 Å². The summed E-state index contributed by atoms with van der Waals surface area (Å²) in [5.41, 5.74) is 2.81. The molecule has 1 atom stereocenters. The molecule has 0 aromatic heterocycles. The minimum atomic E-state index is 0.554. The Labute approximate surface area is 115 Å². The molecule has 1 aliphatic rings. The summed E-state index contributed by atoms with van der Waals surface area (Å²) in [5.74, 6) is 1.68. The van der Waals surface area contributed by atoms with Gasteiger partial charge in [-0.05, 0) is 26.0 Å². The van der Waals surface area contributed by atoms with Crippen molar-refractivity contribution in [3.05, 3.63) is 23.3 Å². The Balaban J connectivity index is 2.42. The topological polar surface area (TPSA) is 39.5 Å². The first kappa shape index (κ1) is 14.2. The Kier molecular flexibility index (Phi) is 4.66. The number of benzene rings is 1. The highest BCUT2D eigenvalue weighted by molar-refractivity contribution is 5.48. The van der Waals surface area contributed by atoms with Crippen LogP contribution in [0.4, 0.5) is 0 Å². The van der Waals surface area contributed by atoms with Crippen LogP contribution in [0, 0.1) is 0 Å². The number of hydrogen-bond acceptors (Lipinski definition) is 2. The van der Waals surface area contributed by atoms with Crippen molar-refractivity contribution in [1.82, 2.24) is 0 Å². The molecule has 4 heteroatoms. The van der Waals surface area contributed by atoms with Crippen LogP contribution >= 0.6 is 0 Å². The van der Waals surface area contributed by atoms with Crippen LogP contribution in [0.15, 0.2) is 12.1 Å². The van der Waals surface area contributed by atoms with Crippen LogP contribution in [0.3, 0.4) is 0 Å². The standard InChI is InChI=1S/C15H24N2O2/c1-5-17(6-2)13-10-16-9-11-7-14(18-3)15(19-4)8-12(11)13/h7-8,13,16H,5-6,9-10H2,1-4H3/p+2/t13-/m0/s1. The van der Waals surface area contributed by atoms with Crippen molar-refractivity contribution in [2.24, 2.45) is 0 Å². The lowest BCUT2D eigenvalue weighted by Gasteiger charge is -2.30. The third kappa shape index (κ3) is 2.69. The van der Waals surface area contributed by atoms with Crippen LogP contribution in [0.25, 0.3) is 0 Å². The number of hydrogen-bond donors (Lipinski definition) is 2. The predicted octanol–water partition coefficient (Wildman–Crippen LogP) is -0.253. The molecule has 0 fully saturated rings. The molecule has 19 heavy (non-hydrogen) atoms. The molecule has 0 radical (unpaired) electrons. The molecule has 1 aliphatic heterocycles. The van der Waals surface area contributed by atoms with E-state index in [9.17, 15) is 0 Å². The summed E-state index contributed by atoms with van der Waals surface area (Å²) in [6, 6.07) is 4.87. The molecular weight excluding hydrogens is 240 g/mol. The van der Waals surface area contributed by atoms with Gasteiger partial charge in [-0.3, -0.25) is 0 Å². The zero-order chi connectivity index (χ0) is 13.8. The van der Waals surface area contributed by atoms with E-state index in [2.05, 4.69) is 31.3 Å². The maximum Gasteiger partial charge on any atom is 0.163 e. The van der Waals surface area contributed by atoms with Gasteiger partial charge in [0, 0.05) is 11.1 Å². The number of nitrogens with one attached hydrogen (secondary N) is 1. The summed E-state index contributed by atoms with van der Waals surface area (Å²) in [6.45, 7) is 9.01. The highest BCUT2D eigenvalue weighted by Crippen LogP contribution is 2.33. The number of ether oxygens (including phenoxy) is 2. The van der Waals surface area contributed by atoms with E-state index in [1.165, 1.54) is 11.1 Å². The monoisotopic (exact) mass is 266 g/mol. The molecule has 1 aromatic carbocycles. The third-order valence-corrected chi connectivity index (χ3v) is 4.19. The van der Waals surface area contributed by atoms with Crippen molar-refractivity contribution in [2.75, 3.05) is 33.9 Å². The summed E-state index contributed by atoms with van der Waals surface area (Å²) in [4.78, 5) is 1.63. The number of likely N-dealkylation sites (N-methyl/N-ethyl adjacent to an activating group) is 1. The van der Waals surface area contributed by atoms with Gasteiger partial charge in [-0.25, -0.2) is 0 Å². The first-order chi connectivity index (χ1) is 9.24. The third-order valence-electron chi connectivity index (χ3n) is 4.19. The lowest BCUT2D eigenvalue weighted by atomic mass is 9.94. The van der Waals surface area contributed by atoms with E-state index in [0.29, 0.717) is 6.04 Å². The van der Waals surface area contributed by atoms with E-state index in [1.807, 2.05) is 0 Å². The van der Waals surface area contributed by atoms with Crippen molar-refractivity contribution in [1.29, 1.82) is 0 Å². The summed E-state index contributed by atoms with van der Waals surface area (Å²) >= 11 is 0. The maximum absolute atomic E-state index is 5.45. The van der Waals surface area contributed by atoms with Crippen LogP contribution in [-0.2, 0) is 6.54 Å². The Morgan fingerprint density at radius 1 is 1.16 bits per heavy atom. The van der Waals surface area contributed by atoms with Gasteiger partial charge in [0.1, 0.15) is 13.1 Å². The maximum atomic E-state index is 5.45. The van der Waals surface area contributed by atoms with Crippen LogP contribution in [0.1, 0.15) is 31.0 Å². The minimum absolute atomic E-state index is 0.554. The van der Waals surface area contributed by atoms with Gasteiger partial charge in [0.05, 0.1) is 27.3 Å². The van der Waals surface area contributed by atoms with E-state index in [0.717, 1.165) is 37.7 Å². The Morgan fingerprint density at radius 2 is 1.79 bits per heavy atom. The van der Waals surface area contributed by atoms with Crippen molar-refractivity contribution < 1.29 is 19.7 Å². The Bertz CT molecular complexity index is 430. The predicted molar refractivity (Wildman–Crippen MR) is 74.8 cm³/mol. The van der Waals surface area contributed by atoms with Gasteiger partial charge < -0.3 is 19.7 Å². The molecule has 1 heterocycles. The highest BCUT2D eigenvalue weighted by atomic mass is 16.5. The summed E-state index contributed by atoms with van der Waals surface area (Å²) in [7, 11) is 3.41. The summed E-state index contributed by atoms with van der Waals surface area (Å²) in [6.07, 6.45) is 0. The van der Waals surface area contributed by atoms with Gasteiger partial charge >= 0.3 is 0 Å². The molecule has 0 aliphatic carbocycles. The quantitative estimate of drug-likeness (QED) is 0.771. The zero-order valence-electron chi connectivity index (χ0n) is 12.5. The number of quaternary nitrogens is 2. The number of methoxy groups -OCH3 is 2. The van der Waals surface area contributed by atoms with E-state index >= 15 is 0 Å². The van der Waals surface area contributed by atoms with Crippen LogP contribution < -0.4 is 19.7 Å². The van der Waals surface area contributed by atoms with E-state index < -0.39 is 0 Å². The number of nitrogens with two attached hydrogens (primary N) is 1. The molecule has 2 rings (SSSR count). The lowest BCUT2D eigenvalue weighted by molar-refractivity contribution is -0.945. The molecule has 3 N–H and O–H groups in total. The second kappa shape index (κ2) is 6.26. The van der Waals surface area contributed by atoms with Gasteiger partial charge in [0.25, 0.3) is 0 Å². The van der Waals surface area contributed by atoms with Crippen molar-refractivity contribution >= 4 is 0 Å². The molecular formula is C15H26N2O2+2.